The first-order chi connectivity index (χ1) is 0. The quantitative estimate of drug-likeness (QED) is 0.364. The third kappa shape index (κ3) is 8.85. The molecule has 1 unspecified atom stereocenters. The van der Waals surface area contributed by atoms with Gasteiger partial charge in [-0.1, -0.05) is 0 Å². The molecule has 22 valence electrons. The molecule has 0 N–H and O–H groups in total. The van der Waals surface area contributed by atoms with Crippen LogP contribution in [0.5, 0.6) is 0 Å². The SMILES string of the molecule is P.[Ca+2].[H-].[H-].[SeH2].[Zn]. The summed E-state index contributed by atoms with van der Waals surface area (Å²) in [7, 11) is 0. The zero-order valence-electron chi connectivity index (χ0n) is 4.62. The standard InChI is InChI=1S/Ca.H3P.H2Se.Zn.2H/h;1H3;1H2;;;/q+2;;;;2*-1. The summed E-state index contributed by atoms with van der Waals surface area (Å²) in [6.45, 7) is 0. The molecule has 4 heavy (non-hydrogen) atoms. The molecule has 0 aromatic rings. The smallest absolute Gasteiger partial charge is 0 e. The van der Waals surface area contributed by atoms with Crippen molar-refractivity contribution in [1.82, 2.24) is 0 Å². The molecule has 0 rings (SSSR count). The van der Waals surface area contributed by atoms with E-state index in [0.29, 0.717) is 0 Å². The number of rotatable bonds is 0. The summed E-state index contributed by atoms with van der Waals surface area (Å²) in [5, 5.41) is 0. The van der Waals surface area contributed by atoms with E-state index in [1.165, 1.54) is 0 Å². The molecule has 0 spiro atoms. The summed E-state index contributed by atoms with van der Waals surface area (Å²) >= 11 is 0. The fourth-order valence-electron chi connectivity index (χ4n) is 0. The van der Waals surface area contributed by atoms with E-state index in [-0.39, 0.29) is 87.0 Å². The number of hydrogen-bond acceptors (Lipinski definition) is 0. The van der Waals surface area contributed by atoms with Crippen molar-refractivity contribution in [2.45, 2.75) is 0 Å². The second kappa shape index (κ2) is 17.0. The van der Waals surface area contributed by atoms with Gasteiger partial charge in [0.2, 0.25) is 0 Å². The zero-order chi connectivity index (χ0) is 0. The van der Waals surface area contributed by atoms with E-state index >= 15 is 0 Å². The monoisotopic (exact) mass is 222 g/mol. The predicted molar refractivity (Wildman–Crippen MR) is 27.6 cm³/mol. The van der Waals surface area contributed by atoms with Crippen LogP contribution in [0.15, 0.2) is 0 Å². The Balaban J connectivity index is 0. The van der Waals surface area contributed by atoms with Crippen molar-refractivity contribution < 1.29 is 22.3 Å². The molecule has 0 amide bonds. The molecule has 0 aliphatic carbocycles. The van der Waals surface area contributed by atoms with E-state index in [1.54, 1.807) is 0 Å². The van der Waals surface area contributed by atoms with Gasteiger partial charge in [-0.25, -0.2) is 0 Å². The third-order valence-corrected chi connectivity index (χ3v) is 0. The molecule has 0 radical (unpaired) electrons. The maximum atomic E-state index is 0. The van der Waals surface area contributed by atoms with Gasteiger partial charge in [0, 0.05) is 19.5 Å². The molecule has 0 aliphatic rings. The predicted octanol–water partition coefficient (Wildman–Crippen LogP) is -1.02. The zero-order valence-corrected chi connectivity index (χ0v) is 11.3. The van der Waals surface area contributed by atoms with Crippen LogP contribution in [0.4, 0.5) is 0 Å². The molecule has 0 aliphatic heterocycles. The molecular formula is H7CaPSeZn. The summed E-state index contributed by atoms with van der Waals surface area (Å²) in [5.74, 6) is 0. The fourth-order valence-corrected chi connectivity index (χ4v) is 0. The molecule has 0 aromatic carbocycles. The van der Waals surface area contributed by atoms with Gasteiger partial charge in [0.25, 0.3) is 0 Å². The van der Waals surface area contributed by atoms with Gasteiger partial charge in [0.15, 0.2) is 0 Å². The molecule has 0 bridgehead atoms. The molecule has 0 aromatic heterocycles. The fraction of sp³-hybridized carbons (Fsp3) is 0. The summed E-state index contributed by atoms with van der Waals surface area (Å²) in [5.41, 5.74) is 0. The van der Waals surface area contributed by atoms with Gasteiger partial charge in [-0.15, -0.1) is 0 Å². The summed E-state index contributed by atoms with van der Waals surface area (Å²) in [6, 6.07) is 0. The van der Waals surface area contributed by atoms with Crippen LogP contribution >= 0.6 is 9.90 Å². The van der Waals surface area contributed by atoms with Crippen LogP contribution in [0.2, 0.25) is 0 Å². The van der Waals surface area contributed by atoms with E-state index in [4.69, 9.17) is 0 Å². The van der Waals surface area contributed by atoms with Crippen molar-refractivity contribution in [2.24, 2.45) is 0 Å². The summed E-state index contributed by atoms with van der Waals surface area (Å²) in [4.78, 5) is 0. The van der Waals surface area contributed by atoms with Crippen molar-refractivity contribution in [3.8, 4) is 0 Å². The van der Waals surface area contributed by atoms with Crippen molar-refractivity contribution >= 4 is 64.7 Å². The molecule has 4 heteroatoms. The van der Waals surface area contributed by atoms with E-state index in [0.717, 1.165) is 0 Å². The van der Waals surface area contributed by atoms with Crippen molar-refractivity contribution in [2.75, 3.05) is 0 Å². The van der Waals surface area contributed by atoms with Crippen LogP contribution in [0.25, 0.3) is 0 Å². The van der Waals surface area contributed by atoms with Gasteiger partial charge < -0.3 is 2.85 Å². The Morgan fingerprint density at radius 3 is 1.25 bits per heavy atom. The van der Waals surface area contributed by atoms with E-state index in [9.17, 15) is 0 Å². The maximum absolute atomic E-state index is 0. The number of hydrogen-bond donors (Lipinski definition) is 0. The van der Waals surface area contributed by atoms with E-state index < -0.39 is 0 Å². The van der Waals surface area contributed by atoms with Crippen molar-refractivity contribution in [3.63, 3.8) is 0 Å². The topological polar surface area (TPSA) is 0 Å². The third-order valence-electron chi connectivity index (χ3n) is 0. The van der Waals surface area contributed by atoms with Gasteiger partial charge in [-0.3, -0.25) is 0 Å². The van der Waals surface area contributed by atoms with Gasteiger partial charge >= 0.3 is 54.8 Å². The molecule has 0 heterocycles. The van der Waals surface area contributed by atoms with Crippen LogP contribution in [-0.2, 0) is 19.5 Å². The minimum absolute atomic E-state index is 0. The second-order valence-corrected chi connectivity index (χ2v) is 0. The van der Waals surface area contributed by atoms with Gasteiger partial charge in [-0.05, 0) is 0 Å². The first-order valence-corrected chi connectivity index (χ1v) is 0. The van der Waals surface area contributed by atoms with Crippen LogP contribution < -0.4 is 0 Å². The van der Waals surface area contributed by atoms with Crippen molar-refractivity contribution in [1.29, 1.82) is 0 Å². The normalized spacial score (nSPS) is 0. The van der Waals surface area contributed by atoms with Crippen LogP contribution in [-0.4, -0.2) is 54.8 Å². The van der Waals surface area contributed by atoms with E-state index in [1.807, 2.05) is 0 Å². The Morgan fingerprint density at radius 1 is 1.25 bits per heavy atom. The Morgan fingerprint density at radius 2 is 1.25 bits per heavy atom. The first-order valence-electron chi connectivity index (χ1n) is 0. The summed E-state index contributed by atoms with van der Waals surface area (Å²) in [6.07, 6.45) is 0. The van der Waals surface area contributed by atoms with E-state index in [2.05, 4.69) is 0 Å². The van der Waals surface area contributed by atoms with Crippen LogP contribution in [0.3, 0.4) is 0 Å². The molecule has 0 fully saturated rings. The van der Waals surface area contributed by atoms with Gasteiger partial charge in [-0.2, -0.15) is 9.90 Å². The second-order valence-electron chi connectivity index (χ2n) is 0. The Bertz CT molecular complexity index is 13.5. The van der Waals surface area contributed by atoms with Crippen molar-refractivity contribution in [3.05, 3.63) is 0 Å². The van der Waals surface area contributed by atoms with Gasteiger partial charge in [0.1, 0.15) is 0 Å². The van der Waals surface area contributed by atoms with Crippen LogP contribution in [0.1, 0.15) is 2.85 Å². The Hall–Kier alpha value is 2.83. The van der Waals surface area contributed by atoms with Crippen LogP contribution in [0, 0.1) is 0 Å². The Labute approximate surface area is 85.7 Å². The first kappa shape index (κ1) is 29.0. The summed E-state index contributed by atoms with van der Waals surface area (Å²) < 4.78 is 0. The minimum Gasteiger partial charge on any atom is 0 e. The van der Waals surface area contributed by atoms with Gasteiger partial charge in [0.05, 0.1) is 0 Å². The molecular weight excluding hydrogens is 215 g/mol. The largest absolute Gasteiger partial charge is 0 e. The maximum Gasteiger partial charge on any atom is 0 e. The minimum atomic E-state index is 0. The molecule has 0 saturated carbocycles. The molecule has 0 nitrogen and oxygen atoms in total. The average molecular weight is 222 g/mol. The molecule has 1 atom stereocenters. The molecule has 0 saturated heterocycles. The average Bonchev–Trinajstić information content (AvgIpc) is 0. The Kier molecular flexibility index (Phi) is 123.